The lowest BCUT2D eigenvalue weighted by molar-refractivity contribution is -0.130. The summed E-state index contributed by atoms with van der Waals surface area (Å²) in [5.41, 5.74) is 4.39. The Labute approximate surface area is 194 Å². The predicted molar refractivity (Wildman–Crippen MR) is 129 cm³/mol. The third-order valence-electron chi connectivity index (χ3n) is 5.19. The van der Waals surface area contributed by atoms with Crippen LogP contribution in [-0.2, 0) is 11.2 Å². The average molecular weight is 461 g/mol. The summed E-state index contributed by atoms with van der Waals surface area (Å²) in [5.74, 6) is -1.45. The third-order valence-corrected chi connectivity index (χ3v) is 6.49. The van der Waals surface area contributed by atoms with Crippen molar-refractivity contribution >= 4 is 51.8 Å². The summed E-state index contributed by atoms with van der Waals surface area (Å²) in [6.45, 7) is 1.98. The second kappa shape index (κ2) is 9.46. The molecule has 1 N–H and O–H groups in total. The van der Waals surface area contributed by atoms with Gasteiger partial charge in [0.25, 0.3) is 0 Å². The molecule has 0 atom stereocenters. The molecule has 1 heterocycles. The van der Waals surface area contributed by atoms with Crippen LogP contribution in [-0.4, -0.2) is 31.9 Å². The molecule has 0 aliphatic heterocycles. The van der Waals surface area contributed by atoms with Crippen molar-refractivity contribution in [1.29, 1.82) is 0 Å². The molecule has 0 unspecified atom stereocenters. The fraction of sp³-hybridized carbons (Fsp3) is 0.120. The van der Waals surface area contributed by atoms with E-state index in [9.17, 15) is 14.7 Å². The number of aliphatic carboxylic acids is 1. The van der Waals surface area contributed by atoms with E-state index in [0.29, 0.717) is 22.2 Å². The molecular weight excluding hydrogens is 440 g/mol. The predicted octanol–water partition coefficient (Wildman–Crippen LogP) is 5.69. The lowest BCUT2D eigenvalue weighted by Gasteiger charge is -2.13. The van der Waals surface area contributed by atoms with E-state index in [1.54, 1.807) is 42.1 Å². The minimum absolute atomic E-state index is 0.0144. The molecule has 0 saturated heterocycles. The van der Waals surface area contributed by atoms with Gasteiger partial charge in [-0.15, -0.1) is 11.8 Å². The van der Waals surface area contributed by atoms with Crippen LogP contribution in [0.15, 0.2) is 77.2 Å². The molecule has 0 radical (unpaired) electrons. The van der Waals surface area contributed by atoms with Gasteiger partial charge in [0.2, 0.25) is 0 Å². The SMILES string of the molecule is CSc1ccc(C(=O)C(Cc2ccc(C)cc2)=C(C(=O)O)c2ccc3nsnc3c2)cc1. The van der Waals surface area contributed by atoms with Crippen molar-refractivity contribution in [3.63, 3.8) is 0 Å². The first-order valence-electron chi connectivity index (χ1n) is 9.89. The topological polar surface area (TPSA) is 80.2 Å². The summed E-state index contributed by atoms with van der Waals surface area (Å²) in [6, 6.07) is 20.1. The Morgan fingerprint density at radius 1 is 0.906 bits per heavy atom. The quantitative estimate of drug-likeness (QED) is 0.217. The van der Waals surface area contributed by atoms with Gasteiger partial charge in [0.15, 0.2) is 5.78 Å². The largest absolute Gasteiger partial charge is 0.478 e. The van der Waals surface area contributed by atoms with Gasteiger partial charge in [-0.2, -0.15) is 8.75 Å². The van der Waals surface area contributed by atoms with Gasteiger partial charge < -0.3 is 5.11 Å². The van der Waals surface area contributed by atoms with Gasteiger partial charge in [-0.25, -0.2) is 4.79 Å². The molecule has 5 nitrogen and oxygen atoms in total. The number of Topliss-reactive ketones (excluding diaryl/α,β-unsaturated/α-hetero) is 1. The highest BCUT2D eigenvalue weighted by Crippen LogP contribution is 2.28. The minimum Gasteiger partial charge on any atom is -0.478 e. The molecule has 0 bridgehead atoms. The molecule has 32 heavy (non-hydrogen) atoms. The van der Waals surface area contributed by atoms with Crippen molar-refractivity contribution in [2.75, 3.05) is 6.26 Å². The number of allylic oxidation sites excluding steroid dienone is 1. The number of hydrogen-bond donors (Lipinski definition) is 1. The second-order valence-corrected chi connectivity index (χ2v) is 8.75. The molecule has 4 rings (SSSR count). The molecule has 0 aliphatic carbocycles. The maximum absolute atomic E-state index is 13.6. The van der Waals surface area contributed by atoms with Crippen molar-refractivity contribution in [2.24, 2.45) is 0 Å². The summed E-state index contributed by atoms with van der Waals surface area (Å²) in [7, 11) is 0. The monoisotopic (exact) mass is 460 g/mol. The average Bonchev–Trinajstić information content (AvgIpc) is 3.27. The molecule has 0 amide bonds. The Hall–Kier alpha value is -3.29. The number of carboxylic acids is 1. The van der Waals surface area contributed by atoms with Gasteiger partial charge in [-0.1, -0.05) is 35.9 Å². The Balaban J connectivity index is 1.88. The van der Waals surface area contributed by atoms with Gasteiger partial charge >= 0.3 is 5.97 Å². The van der Waals surface area contributed by atoms with Crippen LogP contribution in [0.5, 0.6) is 0 Å². The highest BCUT2D eigenvalue weighted by atomic mass is 32.2. The van der Waals surface area contributed by atoms with E-state index in [0.717, 1.165) is 27.8 Å². The summed E-state index contributed by atoms with van der Waals surface area (Å²) in [5, 5.41) is 10.2. The number of aromatic nitrogens is 2. The molecule has 1 aromatic heterocycles. The third kappa shape index (κ3) is 4.64. The minimum atomic E-state index is -1.15. The summed E-state index contributed by atoms with van der Waals surface area (Å²) < 4.78 is 8.41. The number of thioether (sulfide) groups is 1. The zero-order valence-corrected chi connectivity index (χ0v) is 19.2. The first-order valence-corrected chi connectivity index (χ1v) is 11.8. The molecular formula is C25H20N2O3S2. The normalized spacial score (nSPS) is 11.9. The number of carboxylic acid groups (broad SMARTS) is 1. The zero-order valence-electron chi connectivity index (χ0n) is 17.5. The summed E-state index contributed by atoms with van der Waals surface area (Å²) >= 11 is 2.65. The van der Waals surface area contributed by atoms with Crippen molar-refractivity contribution in [1.82, 2.24) is 8.75 Å². The first kappa shape index (κ1) is 21.9. The standard InChI is InChI=1S/C25H20N2O3S2/c1-15-3-5-16(6-4-15)13-20(24(28)17-7-10-19(31-2)11-8-17)23(25(29)30)18-9-12-21-22(14-18)27-32-26-21/h3-12,14H,13H2,1-2H3,(H,29,30). The highest BCUT2D eigenvalue weighted by molar-refractivity contribution is 7.98. The number of nitrogens with zero attached hydrogens (tertiary/aromatic N) is 2. The molecule has 0 fully saturated rings. The Kier molecular flexibility index (Phi) is 6.48. The van der Waals surface area contributed by atoms with E-state index in [1.807, 2.05) is 49.6 Å². The van der Waals surface area contributed by atoms with E-state index in [2.05, 4.69) is 8.75 Å². The van der Waals surface area contributed by atoms with Crippen LogP contribution in [0.2, 0.25) is 0 Å². The first-order chi connectivity index (χ1) is 15.5. The molecule has 0 aliphatic rings. The van der Waals surface area contributed by atoms with Gasteiger partial charge in [-0.05, 0) is 60.7 Å². The van der Waals surface area contributed by atoms with E-state index in [-0.39, 0.29) is 23.4 Å². The number of fused-ring (bicyclic) bond motifs is 1. The number of hydrogen-bond acceptors (Lipinski definition) is 6. The van der Waals surface area contributed by atoms with E-state index < -0.39 is 5.97 Å². The molecule has 4 aromatic rings. The zero-order chi connectivity index (χ0) is 22.7. The highest BCUT2D eigenvalue weighted by Gasteiger charge is 2.24. The second-order valence-electron chi connectivity index (χ2n) is 7.35. The maximum Gasteiger partial charge on any atom is 0.336 e. The van der Waals surface area contributed by atoms with Crippen LogP contribution in [0, 0.1) is 6.92 Å². The van der Waals surface area contributed by atoms with Crippen molar-refractivity contribution in [2.45, 2.75) is 18.2 Å². The number of ketones is 1. The summed E-state index contributed by atoms with van der Waals surface area (Å²) in [4.78, 5) is 27.1. The van der Waals surface area contributed by atoms with E-state index >= 15 is 0 Å². The number of rotatable bonds is 7. The van der Waals surface area contributed by atoms with Gasteiger partial charge in [0.05, 0.1) is 17.3 Å². The molecule has 7 heteroatoms. The summed E-state index contributed by atoms with van der Waals surface area (Å²) in [6.07, 6.45) is 2.17. The van der Waals surface area contributed by atoms with Crippen LogP contribution in [0.4, 0.5) is 0 Å². The lowest BCUT2D eigenvalue weighted by atomic mass is 9.89. The number of aryl methyl sites for hydroxylation is 1. The number of carbonyl (C=O) groups excluding carboxylic acids is 1. The van der Waals surface area contributed by atoms with Crippen molar-refractivity contribution in [3.05, 3.63) is 94.6 Å². The van der Waals surface area contributed by atoms with Gasteiger partial charge in [0, 0.05) is 22.5 Å². The van der Waals surface area contributed by atoms with Crippen LogP contribution in [0.25, 0.3) is 16.6 Å². The Morgan fingerprint density at radius 3 is 2.22 bits per heavy atom. The van der Waals surface area contributed by atoms with Crippen LogP contribution in [0.3, 0.4) is 0 Å². The van der Waals surface area contributed by atoms with E-state index in [1.165, 1.54) is 0 Å². The van der Waals surface area contributed by atoms with Gasteiger partial charge in [0.1, 0.15) is 11.0 Å². The van der Waals surface area contributed by atoms with Crippen LogP contribution >= 0.6 is 23.5 Å². The van der Waals surface area contributed by atoms with Gasteiger partial charge in [-0.3, -0.25) is 4.79 Å². The number of benzene rings is 3. The number of carbonyl (C=O) groups is 2. The maximum atomic E-state index is 13.6. The Bertz CT molecular complexity index is 1320. The van der Waals surface area contributed by atoms with Crippen LogP contribution in [0.1, 0.15) is 27.0 Å². The van der Waals surface area contributed by atoms with E-state index in [4.69, 9.17) is 0 Å². The molecule has 3 aromatic carbocycles. The molecule has 0 spiro atoms. The van der Waals surface area contributed by atoms with Crippen molar-refractivity contribution < 1.29 is 14.7 Å². The van der Waals surface area contributed by atoms with Crippen LogP contribution < -0.4 is 0 Å². The van der Waals surface area contributed by atoms with Crippen molar-refractivity contribution in [3.8, 4) is 0 Å². The fourth-order valence-corrected chi connectivity index (χ4v) is 4.40. The Morgan fingerprint density at radius 2 is 1.56 bits per heavy atom. The molecule has 0 saturated carbocycles. The fourth-order valence-electron chi connectivity index (χ4n) is 3.47. The smallest absolute Gasteiger partial charge is 0.336 e. The molecule has 160 valence electrons. The lowest BCUT2D eigenvalue weighted by Crippen LogP contribution is -2.14.